The molecule has 1 saturated heterocycles. The van der Waals surface area contributed by atoms with Crippen LogP contribution in [0.25, 0.3) is 6.08 Å². The highest BCUT2D eigenvalue weighted by Gasteiger charge is 2.22. The minimum Gasteiger partial charge on any atom is -0.377 e. The molecule has 1 aliphatic heterocycles. The van der Waals surface area contributed by atoms with Gasteiger partial charge in [0.25, 0.3) is 5.91 Å². The number of halogens is 2. The maximum absolute atomic E-state index is 12.3. The monoisotopic (exact) mass is 445 g/mol. The fraction of sp³-hybridized carbons (Fsp3) is 0. The Balaban J connectivity index is 1.84. The zero-order valence-corrected chi connectivity index (χ0v) is 16.7. The third-order valence-electron chi connectivity index (χ3n) is 3.20. The number of amides is 1. The first-order valence-corrected chi connectivity index (χ1v) is 10.4. The van der Waals surface area contributed by atoms with Crippen molar-refractivity contribution in [1.82, 2.24) is 5.32 Å². The van der Waals surface area contributed by atoms with E-state index < -0.39 is 10.1 Å². The van der Waals surface area contributed by atoms with Gasteiger partial charge in [-0.3, -0.25) is 4.79 Å². The first-order chi connectivity index (χ1) is 12.2. The van der Waals surface area contributed by atoms with E-state index in [1.165, 1.54) is 36.4 Å². The summed E-state index contributed by atoms with van der Waals surface area (Å²) in [5.41, 5.74) is 0.605. The average molecular weight is 446 g/mol. The van der Waals surface area contributed by atoms with E-state index in [2.05, 4.69) is 5.32 Å². The third-order valence-corrected chi connectivity index (χ3v) is 6.16. The Morgan fingerprint density at radius 3 is 2.38 bits per heavy atom. The molecular formula is C16H9Cl2NO4S3. The highest BCUT2D eigenvalue weighted by Crippen LogP contribution is 2.31. The van der Waals surface area contributed by atoms with Gasteiger partial charge >= 0.3 is 10.1 Å². The third kappa shape index (κ3) is 4.39. The van der Waals surface area contributed by atoms with Crippen LogP contribution in [0.15, 0.2) is 52.3 Å². The van der Waals surface area contributed by atoms with Crippen molar-refractivity contribution >= 4 is 73.6 Å². The molecule has 26 heavy (non-hydrogen) atoms. The lowest BCUT2D eigenvalue weighted by Crippen LogP contribution is -2.17. The lowest BCUT2D eigenvalue weighted by atomic mass is 10.2. The second-order valence-corrected chi connectivity index (χ2v) is 9.14. The predicted octanol–water partition coefficient (Wildman–Crippen LogP) is 4.25. The van der Waals surface area contributed by atoms with E-state index in [1.807, 2.05) is 0 Å². The van der Waals surface area contributed by atoms with Crippen molar-refractivity contribution < 1.29 is 17.4 Å². The van der Waals surface area contributed by atoms with E-state index in [-0.39, 0.29) is 21.6 Å². The molecule has 1 fully saturated rings. The molecule has 2 aromatic rings. The van der Waals surface area contributed by atoms with Crippen LogP contribution in [0.4, 0.5) is 0 Å². The van der Waals surface area contributed by atoms with Gasteiger partial charge < -0.3 is 9.50 Å². The zero-order chi connectivity index (χ0) is 18.9. The lowest BCUT2D eigenvalue weighted by molar-refractivity contribution is -0.115. The quantitative estimate of drug-likeness (QED) is 0.430. The number of carbonyl (C=O) groups excluding carboxylic acids is 1. The van der Waals surface area contributed by atoms with E-state index >= 15 is 0 Å². The summed E-state index contributed by atoms with van der Waals surface area (Å²) in [6, 6.07) is 10.1. The number of hydrogen-bond acceptors (Lipinski definition) is 6. The van der Waals surface area contributed by atoms with E-state index in [4.69, 9.17) is 39.6 Å². The summed E-state index contributed by atoms with van der Waals surface area (Å²) in [6.07, 6.45) is 1.60. The van der Waals surface area contributed by atoms with Gasteiger partial charge in [0.15, 0.2) is 5.75 Å². The number of nitrogens with one attached hydrogen (secondary N) is 1. The fourth-order valence-corrected chi connectivity index (χ4v) is 4.41. The lowest BCUT2D eigenvalue weighted by Gasteiger charge is -2.09. The summed E-state index contributed by atoms with van der Waals surface area (Å²) in [5.74, 6) is -0.315. The van der Waals surface area contributed by atoms with E-state index in [9.17, 15) is 13.2 Å². The Morgan fingerprint density at radius 1 is 1.12 bits per heavy atom. The summed E-state index contributed by atoms with van der Waals surface area (Å²) in [4.78, 5) is 12.1. The Morgan fingerprint density at radius 2 is 1.81 bits per heavy atom. The molecule has 0 saturated carbocycles. The van der Waals surface area contributed by atoms with Crippen molar-refractivity contribution in [2.24, 2.45) is 0 Å². The van der Waals surface area contributed by atoms with Crippen LogP contribution < -0.4 is 9.50 Å². The van der Waals surface area contributed by atoms with E-state index in [0.29, 0.717) is 19.8 Å². The number of hydrogen-bond donors (Lipinski definition) is 1. The van der Waals surface area contributed by atoms with Gasteiger partial charge in [-0.2, -0.15) is 8.42 Å². The molecule has 0 aromatic heterocycles. The highest BCUT2D eigenvalue weighted by atomic mass is 35.5. The summed E-state index contributed by atoms with van der Waals surface area (Å²) >= 11 is 17.9. The molecular weight excluding hydrogens is 437 g/mol. The molecule has 1 aliphatic rings. The van der Waals surface area contributed by atoms with E-state index in [0.717, 1.165) is 11.8 Å². The number of carbonyl (C=O) groups is 1. The van der Waals surface area contributed by atoms with Crippen LogP contribution in [0.5, 0.6) is 5.75 Å². The maximum Gasteiger partial charge on any atom is 0.339 e. The zero-order valence-electron chi connectivity index (χ0n) is 12.7. The number of rotatable bonds is 4. The molecule has 0 spiro atoms. The second kappa shape index (κ2) is 7.58. The second-order valence-electron chi connectivity index (χ2n) is 5.03. The summed E-state index contributed by atoms with van der Waals surface area (Å²) in [5, 5.41) is 3.00. The predicted molar refractivity (Wildman–Crippen MR) is 107 cm³/mol. The Kier molecular flexibility index (Phi) is 5.59. The van der Waals surface area contributed by atoms with Crippen LogP contribution in [0.2, 0.25) is 10.0 Å². The molecule has 3 rings (SSSR count). The van der Waals surface area contributed by atoms with Gasteiger partial charge in [0.05, 0.1) is 9.93 Å². The SMILES string of the molecule is O=C1NC(=S)S/C1=C/c1ccc(OS(=O)(=O)c2ccc(Cl)cc2)c(Cl)c1. The van der Waals surface area contributed by atoms with Crippen molar-refractivity contribution in [3.8, 4) is 5.75 Å². The molecule has 0 aliphatic carbocycles. The summed E-state index contributed by atoms with van der Waals surface area (Å²) in [7, 11) is -4.05. The normalized spacial score (nSPS) is 16.0. The minimum absolute atomic E-state index is 0.0252. The van der Waals surface area contributed by atoms with E-state index in [1.54, 1.807) is 12.1 Å². The fourth-order valence-electron chi connectivity index (χ4n) is 2.01. The van der Waals surface area contributed by atoms with Crippen LogP contribution >= 0.6 is 47.2 Å². The summed E-state index contributed by atoms with van der Waals surface area (Å²) < 4.78 is 30.1. The van der Waals surface area contributed by atoms with Crippen LogP contribution in [-0.2, 0) is 14.9 Å². The summed E-state index contributed by atoms with van der Waals surface area (Å²) in [6.45, 7) is 0. The van der Waals surface area contributed by atoms with Crippen molar-refractivity contribution in [3.05, 3.63) is 63.0 Å². The van der Waals surface area contributed by atoms with Gasteiger partial charge in [0.1, 0.15) is 9.22 Å². The molecule has 5 nitrogen and oxygen atoms in total. The molecule has 1 amide bonds. The van der Waals surface area contributed by atoms with Gasteiger partial charge in [0, 0.05) is 5.02 Å². The van der Waals surface area contributed by atoms with Crippen LogP contribution in [0, 0.1) is 0 Å². The maximum atomic E-state index is 12.3. The standard InChI is InChI=1S/C16H9Cl2NO4S3/c17-10-2-4-11(5-3-10)26(21,22)23-13-6-1-9(7-12(13)18)8-14-15(20)19-16(24)25-14/h1-8H,(H,19,20,24)/b14-8+. The molecule has 0 bridgehead atoms. The first-order valence-electron chi connectivity index (χ1n) is 6.99. The molecule has 1 heterocycles. The van der Waals surface area contributed by atoms with Crippen molar-refractivity contribution in [2.45, 2.75) is 4.90 Å². The molecule has 0 unspecified atom stereocenters. The Labute approximate surface area is 169 Å². The molecule has 0 atom stereocenters. The topological polar surface area (TPSA) is 72.5 Å². The minimum atomic E-state index is -4.05. The molecule has 0 radical (unpaired) electrons. The van der Waals surface area contributed by atoms with Gasteiger partial charge in [-0.15, -0.1) is 0 Å². The largest absolute Gasteiger partial charge is 0.377 e. The van der Waals surface area contributed by atoms with Crippen molar-refractivity contribution in [1.29, 1.82) is 0 Å². The van der Waals surface area contributed by atoms with Gasteiger partial charge in [-0.25, -0.2) is 0 Å². The number of benzene rings is 2. The molecule has 2 aromatic carbocycles. The van der Waals surface area contributed by atoms with Crippen LogP contribution in [0.1, 0.15) is 5.56 Å². The number of thioether (sulfide) groups is 1. The van der Waals surface area contributed by atoms with Crippen LogP contribution in [0.3, 0.4) is 0 Å². The van der Waals surface area contributed by atoms with Crippen LogP contribution in [-0.4, -0.2) is 18.6 Å². The van der Waals surface area contributed by atoms with Gasteiger partial charge in [0.2, 0.25) is 0 Å². The average Bonchev–Trinajstić information content (AvgIpc) is 2.88. The Hall–Kier alpha value is -1.58. The Bertz CT molecular complexity index is 1030. The number of thiocarbonyl (C=S) groups is 1. The van der Waals surface area contributed by atoms with Gasteiger partial charge in [-0.1, -0.05) is 53.2 Å². The van der Waals surface area contributed by atoms with Gasteiger partial charge in [-0.05, 0) is 48.0 Å². The molecule has 10 heteroatoms. The highest BCUT2D eigenvalue weighted by molar-refractivity contribution is 8.26. The first kappa shape index (κ1) is 19.2. The smallest absolute Gasteiger partial charge is 0.339 e. The molecule has 134 valence electrons. The molecule has 1 N–H and O–H groups in total. The van der Waals surface area contributed by atoms with Crippen molar-refractivity contribution in [2.75, 3.05) is 0 Å². The van der Waals surface area contributed by atoms with Crippen molar-refractivity contribution in [3.63, 3.8) is 0 Å².